The Morgan fingerprint density at radius 1 is 1.16 bits per heavy atom. The van der Waals surface area contributed by atoms with E-state index in [1.807, 2.05) is 12.3 Å². The maximum absolute atomic E-state index is 5.91. The molecule has 1 heterocycles. The van der Waals surface area contributed by atoms with Crippen LogP contribution < -0.4 is 11.1 Å². The van der Waals surface area contributed by atoms with Crippen LogP contribution in [0.25, 0.3) is 10.9 Å². The van der Waals surface area contributed by atoms with Gasteiger partial charge in [-0.25, -0.2) is 0 Å². The van der Waals surface area contributed by atoms with E-state index in [1.165, 1.54) is 36.8 Å². The second-order valence-corrected chi connectivity index (χ2v) is 5.41. The van der Waals surface area contributed by atoms with E-state index in [2.05, 4.69) is 34.6 Å². The second kappa shape index (κ2) is 5.57. The molecule has 0 radical (unpaired) electrons. The standard InChI is InChI=1S/C16H21N3/c17-11-12-5-1-2-7-14(12)19-16-9-3-8-15-13(16)6-4-10-18-15/h3-4,6,8-10,12,14,19H,1-2,5,7,11,17H2. The predicted octanol–water partition coefficient (Wildman–Crippen LogP) is 3.16. The zero-order valence-electron chi connectivity index (χ0n) is 11.2. The van der Waals surface area contributed by atoms with Gasteiger partial charge in [-0.3, -0.25) is 4.98 Å². The summed E-state index contributed by atoms with van der Waals surface area (Å²) in [6.07, 6.45) is 6.93. The number of nitrogens with two attached hydrogens (primary N) is 1. The van der Waals surface area contributed by atoms with Crippen LogP contribution in [0.5, 0.6) is 0 Å². The van der Waals surface area contributed by atoms with Crippen LogP contribution in [0.2, 0.25) is 0 Å². The van der Waals surface area contributed by atoms with Gasteiger partial charge in [0, 0.05) is 23.3 Å². The van der Waals surface area contributed by atoms with E-state index in [1.54, 1.807) is 0 Å². The zero-order valence-corrected chi connectivity index (χ0v) is 11.2. The van der Waals surface area contributed by atoms with E-state index in [-0.39, 0.29) is 0 Å². The van der Waals surface area contributed by atoms with Crippen LogP contribution >= 0.6 is 0 Å². The van der Waals surface area contributed by atoms with Gasteiger partial charge in [0.15, 0.2) is 0 Å². The number of anilines is 1. The van der Waals surface area contributed by atoms with Gasteiger partial charge in [-0.15, -0.1) is 0 Å². The predicted molar refractivity (Wildman–Crippen MR) is 80.2 cm³/mol. The smallest absolute Gasteiger partial charge is 0.0722 e. The maximum atomic E-state index is 5.91. The van der Waals surface area contributed by atoms with Crippen LogP contribution in [0, 0.1) is 5.92 Å². The van der Waals surface area contributed by atoms with E-state index in [9.17, 15) is 0 Å². The van der Waals surface area contributed by atoms with Crippen molar-refractivity contribution >= 4 is 16.6 Å². The number of nitrogens with one attached hydrogen (secondary N) is 1. The summed E-state index contributed by atoms with van der Waals surface area (Å²) >= 11 is 0. The first-order valence-electron chi connectivity index (χ1n) is 7.19. The van der Waals surface area contributed by atoms with Gasteiger partial charge in [0.25, 0.3) is 0 Å². The molecule has 1 aromatic heterocycles. The Balaban J connectivity index is 1.88. The number of rotatable bonds is 3. The van der Waals surface area contributed by atoms with Gasteiger partial charge in [0.2, 0.25) is 0 Å². The summed E-state index contributed by atoms with van der Waals surface area (Å²) in [6.45, 7) is 0.778. The Hall–Kier alpha value is -1.61. The monoisotopic (exact) mass is 255 g/mol. The van der Waals surface area contributed by atoms with Crippen molar-refractivity contribution < 1.29 is 0 Å². The van der Waals surface area contributed by atoms with Gasteiger partial charge in [0.1, 0.15) is 0 Å². The summed E-state index contributed by atoms with van der Waals surface area (Å²) in [5, 5.41) is 4.91. The lowest BCUT2D eigenvalue weighted by molar-refractivity contribution is 0.333. The Labute approximate surface area is 114 Å². The van der Waals surface area contributed by atoms with Gasteiger partial charge in [-0.2, -0.15) is 0 Å². The first-order valence-corrected chi connectivity index (χ1v) is 7.19. The third-order valence-corrected chi connectivity index (χ3v) is 4.20. The molecule has 0 saturated heterocycles. The Kier molecular flexibility index (Phi) is 3.65. The van der Waals surface area contributed by atoms with Crippen molar-refractivity contribution in [2.75, 3.05) is 11.9 Å². The zero-order chi connectivity index (χ0) is 13.1. The molecule has 1 fully saturated rings. The molecule has 2 aromatic rings. The quantitative estimate of drug-likeness (QED) is 0.885. The van der Waals surface area contributed by atoms with E-state index in [4.69, 9.17) is 5.73 Å². The molecule has 1 aromatic carbocycles. The number of hydrogen-bond acceptors (Lipinski definition) is 3. The molecule has 0 amide bonds. The third-order valence-electron chi connectivity index (χ3n) is 4.20. The van der Waals surface area contributed by atoms with E-state index < -0.39 is 0 Å². The summed E-state index contributed by atoms with van der Waals surface area (Å²) in [4.78, 5) is 4.41. The molecule has 2 atom stereocenters. The lowest BCUT2D eigenvalue weighted by atomic mass is 9.84. The van der Waals surface area contributed by atoms with Crippen molar-refractivity contribution in [2.24, 2.45) is 11.7 Å². The van der Waals surface area contributed by atoms with E-state index >= 15 is 0 Å². The lowest BCUT2D eigenvalue weighted by Crippen LogP contribution is -2.36. The highest BCUT2D eigenvalue weighted by Gasteiger charge is 2.24. The summed E-state index contributed by atoms with van der Waals surface area (Å²) < 4.78 is 0. The number of benzene rings is 1. The Morgan fingerprint density at radius 2 is 2.05 bits per heavy atom. The fourth-order valence-corrected chi connectivity index (χ4v) is 3.11. The normalized spacial score (nSPS) is 23.4. The highest BCUT2D eigenvalue weighted by atomic mass is 14.9. The van der Waals surface area contributed by atoms with Crippen molar-refractivity contribution in [3.8, 4) is 0 Å². The number of aromatic nitrogens is 1. The van der Waals surface area contributed by atoms with Crippen molar-refractivity contribution in [3.05, 3.63) is 36.5 Å². The van der Waals surface area contributed by atoms with Gasteiger partial charge in [-0.1, -0.05) is 18.9 Å². The second-order valence-electron chi connectivity index (χ2n) is 5.41. The SMILES string of the molecule is NCC1CCCCC1Nc1cccc2ncccc12. The van der Waals surface area contributed by atoms with Gasteiger partial charge in [0.05, 0.1) is 5.52 Å². The molecule has 3 heteroatoms. The summed E-state index contributed by atoms with van der Waals surface area (Å²) in [6, 6.07) is 10.9. The van der Waals surface area contributed by atoms with Crippen LogP contribution in [0.3, 0.4) is 0 Å². The fraction of sp³-hybridized carbons (Fsp3) is 0.438. The largest absolute Gasteiger partial charge is 0.381 e. The molecule has 1 aliphatic rings. The van der Waals surface area contributed by atoms with Crippen LogP contribution in [-0.4, -0.2) is 17.6 Å². The third kappa shape index (κ3) is 2.56. The Morgan fingerprint density at radius 3 is 2.95 bits per heavy atom. The molecular weight excluding hydrogens is 234 g/mol. The molecule has 3 nitrogen and oxygen atoms in total. The van der Waals surface area contributed by atoms with Crippen molar-refractivity contribution in [2.45, 2.75) is 31.7 Å². The minimum atomic E-state index is 0.504. The molecule has 0 spiro atoms. The highest BCUT2D eigenvalue weighted by Crippen LogP contribution is 2.29. The summed E-state index contributed by atoms with van der Waals surface area (Å²) in [5.74, 6) is 0.598. The number of pyridine rings is 1. The molecule has 19 heavy (non-hydrogen) atoms. The molecule has 1 aliphatic carbocycles. The molecule has 2 unspecified atom stereocenters. The molecule has 3 rings (SSSR count). The van der Waals surface area contributed by atoms with Crippen molar-refractivity contribution in [3.63, 3.8) is 0 Å². The molecular formula is C16H21N3. The van der Waals surface area contributed by atoms with Crippen LogP contribution in [0.4, 0.5) is 5.69 Å². The Bertz CT molecular complexity index is 547. The van der Waals surface area contributed by atoms with Crippen LogP contribution in [-0.2, 0) is 0 Å². The van der Waals surface area contributed by atoms with Crippen LogP contribution in [0.15, 0.2) is 36.5 Å². The minimum absolute atomic E-state index is 0.504. The van der Waals surface area contributed by atoms with Gasteiger partial charge in [-0.05, 0) is 49.6 Å². The van der Waals surface area contributed by atoms with Crippen molar-refractivity contribution in [1.29, 1.82) is 0 Å². The molecule has 100 valence electrons. The lowest BCUT2D eigenvalue weighted by Gasteiger charge is -2.32. The molecule has 0 aliphatic heterocycles. The molecule has 1 saturated carbocycles. The fourth-order valence-electron chi connectivity index (χ4n) is 3.11. The molecule has 3 N–H and O–H groups in total. The van der Waals surface area contributed by atoms with Crippen LogP contribution in [0.1, 0.15) is 25.7 Å². The average Bonchev–Trinajstić information content (AvgIpc) is 2.48. The maximum Gasteiger partial charge on any atom is 0.0722 e. The highest BCUT2D eigenvalue weighted by molar-refractivity contribution is 5.91. The van der Waals surface area contributed by atoms with Crippen molar-refractivity contribution in [1.82, 2.24) is 4.98 Å². The van der Waals surface area contributed by atoms with E-state index in [0.717, 1.165) is 12.1 Å². The summed E-state index contributed by atoms with van der Waals surface area (Å²) in [5.41, 5.74) is 8.15. The number of nitrogens with zero attached hydrogens (tertiary/aromatic N) is 1. The molecule has 0 bridgehead atoms. The number of hydrogen-bond donors (Lipinski definition) is 2. The first-order chi connectivity index (χ1) is 9.38. The number of fused-ring (bicyclic) bond motifs is 1. The van der Waals surface area contributed by atoms with Gasteiger partial charge < -0.3 is 11.1 Å². The average molecular weight is 255 g/mol. The van der Waals surface area contributed by atoms with Gasteiger partial charge >= 0.3 is 0 Å². The minimum Gasteiger partial charge on any atom is -0.381 e. The van der Waals surface area contributed by atoms with E-state index in [0.29, 0.717) is 12.0 Å². The topological polar surface area (TPSA) is 50.9 Å². The first kappa shape index (κ1) is 12.4. The summed E-state index contributed by atoms with van der Waals surface area (Å²) in [7, 11) is 0.